The van der Waals surface area contributed by atoms with Gasteiger partial charge in [-0.25, -0.2) is 0 Å². The van der Waals surface area contributed by atoms with Crippen LogP contribution in [0.3, 0.4) is 0 Å². The first-order chi connectivity index (χ1) is 36.5. The Morgan fingerprint density at radius 1 is 0.284 bits per heavy atom. The highest BCUT2D eigenvalue weighted by Crippen LogP contribution is 2.16. The van der Waals surface area contributed by atoms with Crippen LogP contribution in [0.2, 0.25) is 0 Å². The van der Waals surface area contributed by atoms with Crippen LogP contribution in [0.5, 0.6) is 0 Å². The van der Waals surface area contributed by atoms with Crippen molar-refractivity contribution in [3.8, 4) is 0 Å². The lowest BCUT2D eigenvalue weighted by Gasteiger charge is -2.18. The Balaban J connectivity index is 4.22. The molecule has 0 spiro atoms. The molecule has 0 N–H and O–H groups in total. The molecule has 426 valence electrons. The summed E-state index contributed by atoms with van der Waals surface area (Å²) >= 11 is 0. The highest BCUT2D eigenvalue weighted by atomic mass is 16.6. The van der Waals surface area contributed by atoms with Crippen LogP contribution in [-0.2, 0) is 28.6 Å². The Morgan fingerprint density at radius 2 is 0.527 bits per heavy atom. The van der Waals surface area contributed by atoms with Gasteiger partial charge < -0.3 is 14.2 Å². The van der Waals surface area contributed by atoms with Gasteiger partial charge in [-0.1, -0.05) is 279 Å². The lowest BCUT2D eigenvalue weighted by atomic mass is 10.0. The molecule has 0 aliphatic rings. The van der Waals surface area contributed by atoms with E-state index in [1.165, 1.54) is 154 Å². The third-order valence-corrected chi connectivity index (χ3v) is 13.6. The molecule has 6 heteroatoms. The fourth-order valence-electron chi connectivity index (χ4n) is 8.91. The number of hydrogen-bond donors (Lipinski definition) is 0. The average Bonchev–Trinajstić information content (AvgIpc) is 3.40. The first-order valence-corrected chi connectivity index (χ1v) is 31.6. The molecular formula is C68H118O6. The smallest absolute Gasteiger partial charge is 0.306 e. The minimum Gasteiger partial charge on any atom is -0.462 e. The van der Waals surface area contributed by atoms with Gasteiger partial charge in [0, 0.05) is 19.3 Å². The molecule has 0 rings (SSSR count). The monoisotopic (exact) mass is 1030 g/mol. The van der Waals surface area contributed by atoms with E-state index < -0.39 is 6.10 Å². The van der Waals surface area contributed by atoms with Crippen LogP contribution in [0.25, 0.3) is 0 Å². The van der Waals surface area contributed by atoms with Gasteiger partial charge in [-0.2, -0.15) is 0 Å². The SMILES string of the molecule is CC/C=C\C/C=C\C/C=C\C/C=C\C/C=C\CCCCCCCCCCCCCCCC(=O)OCC(COC(=O)CCCCCCCCCCCCCC)OC(=O)CCCCCCC/C=C\C/C=C\CCCCC. The molecule has 74 heavy (non-hydrogen) atoms. The van der Waals surface area contributed by atoms with E-state index in [9.17, 15) is 14.4 Å². The van der Waals surface area contributed by atoms with Gasteiger partial charge in [-0.3, -0.25) is 14.4 Å². The predicted octanol–water partition coefficient (Wildman–Crippen LogP) is 21.5. The van der Waals surface area contributed by atoms with Crippen molar-refractivity contribution in [3.05, 3.63) is 85.1 Å². The van der Waals surface area contributed by atoms with Crippen molar-refractivity contribution in [1.82, 2.24) is 0 Å². The number of ether oxygens (including phenoxy) is 3. The number of rotatable bonds is 57. The number of hydrogen-bond acceptors (Lipinski definition) is 6. The van der Waals surface area contributed by atoms with Crippen LogP contribution in [0, 0.1) is 0 Å². The van der Waals surface area contributed by atoms with Crippen molar-refractivity contribution in [2.24, 2.45) is 0 Å². The number of esters is 3. The lowest BCUT2D eigenvalue weighted by molar-refractivity contribution is -0.167. The minimum atomic E-state index is -0.782. The zero-order valence-corrected chi connectivity index (χ0v) is 48.8. The van der Waals surface area contributed by atoms with Gasteiger partial charge in [0.05, 0.1) is 0 Å². The summed E-state index contributed by atoms with van der Waals surface area (Å²) in [5, 5.41) is 0. The fraction of sp³-hybridized carbons (Fsp3) is 0.750. The molecule has 0 aliphatic heterocycles. The Morgan fingerprint density at radius 3 is 0.851 bits per heavy atom. The number of allylic oxidation sites excluding steroid dienone is 14. The molecule has 0 fully saturated rings. The third-order valence-electron chi connectivity index (χ3n) is 13.6. The molecule has 0 heterocycles. The third kappa shape index (κ3) is 59.5. The zero-order chi connectivity index (χ0) is 53.6. The van der Waals surface area contributed by atoms with Gasteiger partial charge in [-0.15, -0.1) is 0 Å². The molecule has 1 unspecified atom stereocenters. The first-order valence-electron chi connectivity index (χ1n) is 31.6. The van der Waals surface area contributed by atoms with E-state index in [2.05, 4.69) is 106 Å². The summed E-state index contributed by atoms with van der Waals surface area (Å²) in [6.07, 6.45) is 81.6. The largest absolute Gasteiger partial charge is 0.462 e. The fourth-order valence-corrected chi connectivity index (χ4v) is 8.91. The summed E-state index contributed by atoms with van der Waals surface area (Å²) in [7, 11) is 0. The highest BCUT2D eigenvalue weighted by molar-refractivity contribution is 5.71. The Bertz CT molecular complexity index is 1420. The normalized spacial score (nSPS) is 12.6. The lowest BCUT2D eigenvalue weighted by Crippen LogP contribution is -2.30. The number of carbonyl (C=O) groups is 3. The highest BCUT2D eigenvalue weighted by Gasteiger charge is 2.19. The van der Waals surface area contributed by atoms with Crippen LogP contribution in [0.15, 0.2) is 85.1 Å². The summed E-state index contributed by atoms with van der Waals surface area (Å²) in [6.45, 7) is 6.51. The van der Waals surface area contributed by atoms with E-state index in [-0.39, 0.29) is 31.1 Å². The van der Waals surface area contributed by atoms with Crippen molar-refractivity contribution in [1.29, 1.82) is 0 Å². The maximum absolute atomic E-state index is 12.9. The van der Waals surface area contributed by atoms with Crippen molar-refractivity contribution >= 4 is 17.9 Å². The molecule has 1 atom stereocenters. The molecule has 0 bridgehead atoms. The van der Waals surface area contributed by atoms with E-state index in [1.807, 2.05) is 0 Å². The van der Waals surface area contributed by atoms with Crippen LogP contribution in [-0.4, -0.2) is 37.2 Å². The van der Waals surface area contributed by atoms with Gasteiger partial charge >= 0.3 is 17.9 Å². The van der Waals surface area contributed by atoms with Gasteiger partial charge in [0.2, 0.25) is 0 Å². The maximum atomic E-state index is 12.9. The van der Waals surface area contributed by atoms with Crippen molar-refractivity contribution in [2.75, 3.05) is 13.2 Å². The molecule has 0 aliphatic carbocycles. The second kappa shape index (κ2) is 62.1. The molecule has 0 aromatic rings. The van der Waals surface area contributed by atoms with Gasteiger partial charge in [0.25, 0.3) is 0 Å². The second-order valence-corrected chi connectivity index (χ2v) is 20.9. The number of unbranched alkanes of at least 4 members (excludes halogenated alkanes) is 32. The maximum Gasteiger partial charge on any atom is 0.306 e. The molecule has 0 aromatic heterocycles. The van der Waals surface area contributed by atoms with Crippen molar-refractivity contribution < 1.29 is 28.6 Å². The van der Waals surface area contributed by atoms with Gasteiger partial charge in [0.15, 0.2) is 6.10 Å². The topological polar surface area (TPSA) is 78.9 Å². The van der Waals surface area contributed by atoms with Crippen molar-refractivity contribution in [3.63, 3.8) is 0 Å². The van der Waals surface area contributed by atoms with Crippen molar-refractivity contribution in [2.45, 2.75) is 316 Å². The number of carbonyl (C=O) groups excluding carboxylic acids is 3. The van der Waals surface area contributed by atoms with E-state index in [0.29, 0.717) is 19.3 Å². The van der Waals surface area contributed by atoms with E-state index >= 15 is 0 Å². The van der Waals surface area contributed by atoms with E-state index in [1.54, 1.807) is 0 Å². The standard InChI is InChI=1S/C68H118O6/c1-4-7-10-13-16-19-22-25-27-28-29-30-31-32-33-34-35-36-37-38-39-40-42-43-46-49-52-55-58-61-67(70)73-64-65(63-72-66(69)60-57-54-51-48-45-24-21-18-15-12-9-6-3)74-68(71)62-59-56-53-50-47-44-41-26-23-20-17-14-11-8-5-2/h7,10,16-17,19-20,25-27,29-30,32-33,41,65H,4-6,8-9,11-15,18,21-24,28,31,34-40,42-64H2,1-3H3/b10-7-,19-16-,20-17-,27-25-,30-29-,33-32-,41-26-. The Hall–Kier alpha value is -3.41. The summed E-state index contributed by atoms with van der Waals surface area (Å²) in [5.74, 6) is -0.883. The summed E-state index contributed by atoms with van der Waals surface area (Å²) in [6, 6.07) is 0. The van der Waals surface area contributed by atoms with Gasteiger partial charge in [-0.05, 0) is 96.3 Å². The molecule has 0 aromatic carbocycles. The summed E-state index contributed by atoms with van der Waals surface area (Å²) in [5.41, 5.74) is 0. The average molecular weight is 1030 g/mol. The first kappa shape index (κ1) is 70.6. The zero-order valence-electron chi connectivity index (χ0n) is 48.8. The Kier molecular flexibility index (Phi) is 59.3. The van der Waals surface area contributed by atoms with Crippen LogP contribution < -0.4 is 0 Å². The Labute approximate surface area is 458 Å². The van der Waals surface area contributed by atoms with Crippen LogP contribution in [0.4, 0.5) is 0 Å². The molecule has 0 amide bonds. The van der Waals surface area contributed by atoms with Crippen LogP contribution >= 0.6 is 0 Å². The summed E-state index contributed by atoms with van der Waals surface area (Å²) in [4.78, 5) is 38.2. The quantitative estimate of drug-likeness (QED) is 0.0261. The van der Waals surface area contributed by atoms with Crippen LogP contribution in [0.1, 0.15) is 310 Å². The van der Waals surface area contributed by atoms with E-state index in [4.69, 9.17) is 14.2 Å². The molecule has 0 saturated heterocycles. The molecule has 0 saturated carbocycles. The molecular weight excluding hydrogens is 913 g/mol. The second-order valence-electron chi connectivity index (χ2n) is 20.9. The van der Waals surface area contributed by atoms with E-state index in [0.717, 1.165) is 116 Å². The summed E-state index contributed by atoms with van der Waals surface area (Å²) < 4.78 is 16.9. The minimum absolute atomic E-state index is 0.0787. The molecule has 6 nitrogen and oxygen atoms in total. The molecule has 0 radical (unpaired) electrons. The van der Waals surface area contributed by atoms with Gasteiger partial charge in [0.1, 0.15) is 13.2 Å². The predicted molar refractivity (Wildman–Crippen MR) is 321 cm³/mol.